The third-order valence-electron chi connectivity index (χ3n) is 3.51. The van der Waals surface area contributed by atoms with Crippen molar-refractivity contribution in [2.75, 3.05) is 11.9 Å². The molecule has 0 amide bonds. The van der Waals surface area contributed by atoms with Crippen molar-refractivity contribution in [2.24, 2.45) is 0 Å². The van der Waals surface area contributed by atoms with E-state index in [1.54, 1.807) is 0 Å². The second-order valence-corrected chi connectivity index (χ2v) is 4.99. The molecule has 0 aliphatic carbocycles. The minimum Gasteiger partial charge on any atom is -0.481 e. The summed E-state index contributed by atoms with van der Waals surface area (Å²) in [4.78, 5) is 12.9. The van der Waals surface area contributed by atoms with Crippen LogP contribution in [0.4, 0.5) is 5.69 Å². The number of carboxylic acids is 1. The van der Waals surface area contributed by atoms with Crippen LogP contribution in [0.25, 0.3) is 0 Å². The van der Waals surface area contributed by atoms with Gasteiger partial charge in [0.05, 0.1) is 6.42 Å². The number of carbonyl (C=O) groups is 1. The van der Waals surface area contributed by atoms with Gasteiger partial charge in [-0.15, -0.1) is 0 Å². The van der Waals surface area contributed by atoms with Crippen LogP contribution in [-0.4, -0.2) is 24.2 Å². The molecule has 0 aromatic heterocycles. The number of aryl methyl sites for hydroxylation is 1. The van der Waals surface area contributed by atoms with Gasteiger partial charge in [-0.3, -0.25) is 4.79 Å². The number of benzene rings is 1. The molecule has 1 aromatic rings. The summed E-state index contributed by atoms with van der Waals surface area (Å²) in [5.41, 5.74) is 3.41. The summed E-state index contributed by atoms with van der Waals surface area (Å²) in [6.07, 6.45) is 1.99. The van der Waals surface area contributed by atoms with Crippen molar-refractivity contribution in [2.45, 2.75) is 32.2 Å². The Hall–Kier alpha value is -1.22. The highest BCUT2D eigenvalue weighted by atomic mass is 35.5. The maximum atomic E-state index is 10.8. The van der Waals surface area contributed by atoms with E-state index in [9.17, 15) is 4.79 Å². The molecule has 4 heteroatoms. The lowest BCUT2D eigenvalue weighted by Crippen LogP contribution is -2.38. The van der Waals surface area contributed by atoms with Crippen LogP contribution < -0.4 is 4.90 Å². The first-order valence-electron chi connectivity index (χ1n) is 5.73. The SMILES string of the molecule is Cc1c(Cl)ccc2c1N(C)C(CC(=O)O)CC2. The van der Waals surface area contributed by atoms with E-state index >= 15 is 0 Å². The standard InChI is InChI=1S/C13H16ClNO2/c1-8-11(14)6-4-9-3-5-10(7-12(16)17)15(2)13(8)9/h4,6,10H,3,5,7H2,1-2H3,(H,16,17). The first-order chi connectivity index (χ1) is 8.00. The summed E-state index contributed by atoms with van der Waals surface area (Å²) in [6.45, 7) is 1.99. The first-order valence-corrected chi connectivity index (χ1v) is 6.11. The molecule has 3 nitrogen and oxygen atoms in total. The Balaban J connectivity index is 2.37. The number of rotatable bonds is 2. The number of carboxylic acid groups (broad SMARTS) is 1. The Bertz CT molecular complexity index is 459. The second kappa shape index (κ2) is 4.57. The van der Waals surface area contributed by atoms with Gasteiger partial charge in [0.15, 0.2) is 0 Å². The van der Waals surface area contributed by atoms with E-state index < -0.39 is 5.97 Å². The van der Waals surface area contributed by atoms with E-state index in [0.717, 1.165) is 29.1 Å². The summed E-state index contributed by atoms with van der Waals surface area (Å²) >= 11 is 6.12. The zero-order chi connectivity index (χ0) is 12.6. The largest absolute Gasteiger partial charge is 0.481 e. The van der Waals surface area contributed by atoms with Gasteiger partial charge < -0.3 is 10.0 Å². The van der Waals surface area contributed by atoms with E-state index in [4.69, 9.17) is 16.7 Å². The molecule has 1 N–H and O–H groups in total. The fourth-order valence-corrected chi connectivity index (χ4v) is 2.72. The minimum absolute atomic E-state index is 0.0668. The van der Waals surface area contributed by atoms with E-state index in [0.29, 0.717) is 0 Å². The molecule has 17 heavy (non-hydrogen) atoms. The number of nitrogens with zero attached hydrogens (tertiary/aromatic N) is 1. The zero-order valence-corrected chi connectivity index (χ0v) is 10.8. The fraction of sp³-hybridized carbons (Fsp3) is 0.462. The van der Waals surface area contributed by atoms with Crippen LogP contribution in [0.1, 0.15) is 24.0 Å². The number of fused-ring (bicyclic) bond motifs is 1. The Labute approximate surface area is 106 Å². The molecule has 1 heterocycles. The van der Waals surface area contributed by atoms with Gasteiger partial charge in [-0.1, -0.05) is 17.7 Å². The molecule has 2 rings (SSSR count). The smallest absolute Gasteiger partial charge is 0.305 e. The predicted octanol–water partition coefficient (Wildman–Crippen LogP) is 2.87. The van der Waals surface area contributed by atoms with E-state index in [1.165, 1.54) is 5.56 Å². The van der Waals surface area contributed by atoms with Crippen molar-refractivity contribution in [1.29, 1.82) is 0 Å². The molecule has 0 saturated carbocycles. The number of anilines is 1. The summed E-state index contributed by atoms with van der Waals surface area (Å²) in [5.74, 6) is -0.745. The quantitative estimate of drug-likeness (QED) is 0.881. The normalized spacial score (nSPS) is 19.0. The van der Waals surface area contributed by atoms with Crippen molar-refractivity contribution >= 4 is 23.3 Å². The summed E-state index contributed by atoms with van der Waals surface area (Å²) in [6, 6.07) is 4.02. The zero-order valence-electron chi connectivity index (χ0n) is 10.0. The monoisotopic (exact) mass is 253 g/mol. The van der Waals surface area contributed by atoms with Gasteiger partial charge in [-0.25, -0.2) is 0 Å². The molecule has 1 aliphatic heterocycles. The van der Waals surface area contributed by atoms with E-state index in [1.807, 2.05) is 26.1 Å². The van der Waals surface area contributed by atoms with Gasteiger partial charge >= 0.3 is 5.97 Å². The van der Waals surface area contributed by atoms with Gasteiger partial charge in [-0.05, 0) is 37.0 Å². The topological polar surface area (TPSA) is 40.5 Å². The molecular weight excluding hydrogens is 238 g/mol. The van der Waals surface area contributed by atoms with E-state index in [2.05, 4.69) is 4.90 Å². The van der Waals surface area contributed by atoms with Crippen LogP contribution in [0.3, 0.4) is 0 Å². The van der Waals surface area contributed by atoms with Crippen molar-refractivity contribution in [1.82, 2.24) is 0 Å². The average molecular weight is 254 g/mol. The van der Waals surface area contributed by atoms with Crippen LogP contribution in [0, 0.1) is 6.92 Å². The van der Waals surface area contributed by atoms with Crippen LogP contribution in [0.5, 0.6) is 0 Å². The Morgan fingerprint density at radius 2 is 2.29 bits per heavy atom. The number of hydrogen-bond acceptors (Lipinski definition) is 2. The van der Waals surface area contributed by atoms with Crippen molar-refractivity contribution < 1.29 is 9.90 Å². The van der Waals surface area contributed by atoms with Crippen LogP contribution >= 0.6 is 11.6 Å². The third-order valence-corrected chi connectivity index (χ3v) is 3.92. The van der Waals surface area contributed by atoms with Crippen molar-refractivity contribution in [3.8, 4) is 0 Å². The minimum atomic E-state index is -0.745. The van der Waals surface area contributed by atoms with Crippen LogP contribution in [0.2, 0.25) is 5.02 Å². The molecule has 0 radical (unpaired) electrons. The predicted molar refractivity (Wildman–Crippen MR) is 69.0 cm³/mol. The maximum absolute atomic E-state index is 10.8. The number of hydrogen-bond donors (Lipinski definition) is 1. The first kappa shape index (κ1) is 12.2. The molecule has 1 aliphatic rings. The van der Waals surface area contributed by atoms with Gasteiger partial charge in [0, 0.05) is 23.8 Å². The third kappa shape index (κ3) is 2.25. The molecular formula is C13H16ClNO2. The average Bonchev–Trinajstić information content (AvgIpc) is 2.26. The van der Waals surface area contributed by atoms with Crippen LogP contribution in [-0.2, 0) is 11.2 Å². The molecule has 1 aromatic carbocycles. The lowest BCUT2D eigenvalue weighted by atomic mass is 9.92. The molecule has 0 fully saturated rings. The number of aliphatic carboxylic acids is 1. The summed E-state index contributed by atoms with van der Waals surface area (Å²) < 4.78 is 0. The highest BCUT2D eigenvalue weighted by Crippen LogP contribution is 2.36. The lowest BCUT2D eigenvalue weighted by molar-refractivity contribution is -0.137. The molecule has 0 bridgehead atoms. The van der Waals surface area contributed by atoms with Crippen LogP contribution in [0.15, 0.2) is 12.1 Å². The Kier molecular flexibility index (Phi) is 3.29. The Morgan fingerprint density at radius 3 is 2.94 bits per heavy atom. The Morgan fingerprint density at radius 1 is 1.59 bits per heavy atom. The molecule has 92 valence electrons. The molecule has 1 unspecified atom stereocenters. The molecule has 0 spiro atoms. The summed E-state index contributed by atoms with van der Waals surface area (Å²) in [5, 5.41) is 9.64. The second-order valence-electron chi connectivity index (χ2n) is 4.58. The van der Waals surface area contributed by atoms with Gasteiger partial charge in [0.1, 0.15) is 0 Å². The molecule has 1 atom stereocenters. The maximum Gasteiger partial charge on any atom is 0.305 e. The highest BCUT2D eigenvalue weighted by Gasteiger charge is 2.27. The van der Waals surface area contributed by atoms with Crippen molar-refractivity contribution in [3.05, 3.63) is 28.3 Å². The lowest BCUT2D eigenvalue weighted by Gasteiger charge is -2.36. The highest BCUT2D eigenvalue weighted by molar-refractivity contribution is 6.31. The van der Waals surface area contributed by atoms with Gasteiger partial charge in [0.2, 0.25) is 0 Å². The number of halogens is 1. The van der Waals surface area contributed by atoms with E-state index in [-0.39, 0.29) is 12.5 Å². The summed E-state index contributed by atoms with van der Waals surface area (Å²) in [7, 11) is 1.95. The fourth-order valence-electron chi connectivity index (χ4n) is 2.56. The van der Waals surface area contributed by atoms with Crippen molar-refractivity contribution in [3.63, 3.8) is 0 Å². The molecule has 0 saturated heterocycles. The van der Waals surface area contributed by atoms with Gasteiger partial charge in [0.25, 0.3) is 0 Å². The van der Waals surface area contributed by atoms with Gasteiger partial charge in [-0.2, -0.15) is 0 Å².